The van der Waals surface area contributed by atoms with Crippen molar-refractivity contribution in [2.45, 2.75) is 25.4 Å². The molecule has 1 fully saturated rings. The smallest absolute Gasteiger partial charge is 0.205 e. The molecule has 104 valence electrons. The van der Waals surface area contributed by atoms with E-state index in [-0.39, 0.29) is 6.10 Å². The number of aliphatic imine (C=N–C) groups is 1. The van der Waals surface area contributed by atoms with Crippen LogP contribution in [0.15, 0.2) is 27.7 Å². The van der Waals surface area contributed by atoms with Gasteiger partial charge in [0.05, 0.1) is 12.3 Å². The van der Waals surface area contributed by atoms with Crippen molar-refractivity contribution in [2.75, 3.05) is 13.2 Å². The number of benzene rings is 1. The second kappa shape index (κ2) is 5.94. The minimum Gasteiger partial charge on any atom is -0.489 e. The van der Waals surface area contributed by atoms with E-state index in [1.165, 1.54) is 0 Å². The van der Waals surface area contributed by atoms with E-state index in [1.54, 1.807) is 0 Å². The van der Waals surface area contributed by atoms with Gasteiger partial charge in [-0.05, 0) is 31.0 Å². The largest absolute Gasteiger partial charge is 0.489 e. The van der Waals surface area contributed by atoms with Crippen molar-refractivity contribution in [3.8, 4) is 11.9 Å². The second-order valence-electron chi connectivity index (χ2n) is 5.14. The van der Waals surface area contributed by atoms with Crippen molar-refractivity contribution in [3.05, 3.63) is 28.2 Å². The molecule has 5 heteroatoms. The molecule has 1 saturated heterocycles. The van der Waals surface area contributed by atoms with E-state index in [1.807, 2.05) is 24.4 Å². The Balaban J connectivity index is 1.91. The van der Waals surface area contributed by atoms with Crippen LogP contribution in [0.3, 0.4) is 0 Å². The first-order valence-electron chi connectivity index (χ1n) is 6.78. The van der Waals surface area contributed by atoms with Crippen molar-refractivity contribution >= 4 is 21.6 Å². The minimum atomic E-state index is 0.0519. The summed E-state index contributed by atoms with van der Waals surface area (Å²) in [6, 6.07) is 5.84. The summed E-state index contributed by atoms with van der Waals surface area (Å²) in [5.41, 5.74) is 1.72. The highest BCUT2D eigenvalue weighted by molar-refractivity contribution is 9.10. The van der Waals surface area contributed by atoms with Crippen LogP contribution in [0.25, 0.3) is 0 Å². The molecule has 20 heavy (non-hydrogen) atoms. The Morgan fingerprint density at radius 1 is 1.40 bits per heavy atom. The average Bonchev–Trinajstić information content (AvgIpc) is 2.49. The van der Waals surface area contributed by atoms with Crippen LogP contribution in [-0.2, 0) is 4.74 Å². The van der Waals surface area contributed by atoms with Crippen LogP contribution in [-0.4, -0.2) is 25.0 Å². The lowest BCUT2D eigenvalue weighted by atomic mass is 9.88. The molecular weight excluding hydrogens is 320 g/mol. The summed E-state index contributed by atoms with van der Waals surface area (Å²) in [5, 5.41) is 8.90. The Morgan fingerprint density at radius 2 is 2.30 bits per heavy atom. The van der Waals surface area contributed by atoms with E-state index in [0.29, 0.717) is 12.3 Å². The Kier molecular flexibility index (Phi) is 4.04. The van der Waals surface area contributed by atoms with Crippen LogP contribution < -0.4 is 4.74 Å². The molecule has 4 nitrogen and oxygen atoms in total. The van der Waals surface area contributed by atoms with Gasteiger partial charge >= 0.3 is 0 Å². The standard InChI is InChI=1S/C15H15BrN2O2/c16-11-3-4-14-12(6-11)13(18-9-17)7-15(20-14)10-2-1-5-19-8-10/h3-4,6,10,15H,1-2,5,7-8H2/b18-13+. The van der Waals surface area contributed by atoms with Gasteiger partial charge in [0.2, 0.25) is 6.19 Å². The average molecular weight is 335 g/mol. The minimum absolute atomic E-state index is 0.0519. The van der Waals surface area contributed by atoms with Gasteiger partial charge < -0.3 is 9.47 Å². The number of hydrogen-bond acceptors (Lipinski definition) is 4. The number of fused-ring (bicyclic) bond motifs is 1. The molecule has 0 amide bonds. The van der Waals surface area contributed by atoms with Crippen molar-refractivity contribution < 1.29 is 9.47 Å². The third-order valence-electron chi connectivity index (χ3n) is 3.83. The molecule has 2 aliphatic rings. The fraction of sp³-hybridized carbons (Fsp3) is 0.467. The molecule has 2 unspecified atom stereocenters. The lowest BCUT2D eigenvalue weighted by molar-refractivity contribution is 0.00174. The molecule has 0 radical (unpaired) electrons. The number of halogens is 1. The van der Waals surface area contributed by atoms with Crippen LogP contribution >= 0.6 is 15.9 Å². The first-order valence-corrected chi connectivity index (χ1v) is 7.57. The van der Waals surface area contributed by atoms with Crippen LogP contribution in [0.2, 0.25) is 0 Å². The van der Waals surface area contributed by atoms with Gasteiger partial charge in [-0.1, -0.05) is 15.9 Å². The van der Waals surface area contributed by atoms with E-state index in [4.69, 9.17) is 14.7 Å². The quantitative estimate of drug-likeness (QED) is 0.740. The SMILES string of the molecule is N#C/N=C1\CC(C2CCCOC2)Oc2ccc(Br)cc21. The topological polar surface area (TPSA) is 54.6 Å². The highest BCUT2D eigenvalue weighted by atomic mass is 79.9. The lowest BCUT2D eigenvalue weighted by Crippen LogP contribution is -2.38. The third kappa shape index (κ3) is 2.72. The summed E-state index contributed by atoms with van der Waals surface area (Å²) >= 11 is 3.45. The number of nitrogens with zero attached hydrogens (tertiary/aromatic N) is 2. The molecule has 0 spiro atoms. The predicted octanol–water partition coefficient (Wildman–Crippen LogP) is 3.30. The van der Waals surface area contributed by atoms with Crippen LogP contribution in [0.1, 0.15) is 24.8 Å². The second-order valence-corrected chi connectivity index (χ2v) is 6.05. The summed E-state index contributed by atoms with van der Waals surface area (Å²) in [5.74, 6) is 1.19. The Morgan fingerprint density at radius 3 is 3.05 bits per heavy atom. The zero-order chi connectivity index (χ0) is 13.9. The first kappa shape index (κ1) is 13.6. The molecule has 0 aromatic heterocycles. The maximum Gasteiger partial charge on any atom is 0.205 e. The summed E-state index contributed by atoms with van der Waals surface area (Å²) in [4.78, 5) is 3.99. The number of nitriles is 1. The normalized spacial score (nSPS) is 27.5. The van der Waals surface area contributed by atoms with E-state index in [9.17, 15) is 0 Å². The molecule has 3 rings (SSSR count). The predicted molar refractivity (Wildman–Crippen MR) is 78.9 cm³/mol. The molecule has 2 heterocycles. The van der Waals surface area contributed by atoms with E-state index in [2.05, 4.69) is 20.9 Å². The number of ether oxygens (including phenoxy) is 2. The molecule has 1 aromatic rings. The van der Waals surface area contributed by atoms with Crippen LogP contribution in [0.5, 0.6) is 5.75 Å². The molecule has 0 bridgehead atoms. The molecule has 0 saturated carbocycles. The van der Waals surface area contributed by atoms with Gasteiger partial charge in [0.15, 0.2) is 0 Å². The molecule has 2 atom stereocenters. The van der Waals surface area contributed by atoms with Gasteiger partial charge in [0.25, 0.3) is 0 Å². The summed E-state index contributed by atoms with van der Waals surface area (Å²) in [6.07, 6.45) is 4.81. The Hall–Kier alpha value is -1.38. The number of hydrogen-bond donors (Lipinski definition) is 0. The van der Waals surface area contributed by atoms with Gasteiger partial charge in [-0.25, -0.2) is 0 Å². The monoisotopic (exact) mass is 334 g/mol. The van der Waals surface area contributed by atoms with Gasteiger partial charge in [-0.2, -0.15) is 10.3 Å². The molecule has 1 aromatic carbocycles. The van der Waals surface area contributed by atoms with Crippen LogP contribution in [0.4, 0.5) is 0 Å². The van der Waals surface area contributed by atoms with Crippen molar-refractivity contribution in [2.24, 2.45) is 10.9 Å². The third-order valence-corrected chi connectivity index (χ3v) is 4.32. The van der Waals surface area contributed by atoms with Gasteiger partial charge in [0, 0.05) is 29.0 Å². The first-order chi connectivity index (χ1) is 9.78. The Labute approximate surface area is 126 Å². The lowest BCUT2D eigenvalue weighted by Gasteiger charge is -2.34. The maximum absolute atomic E-state index is 8.90. The fourth-order valence-electron chi connectivity index (χ4n) is 2.82. The van der Waals surface area contributed by atoms with E-state index < -0.39 is 0 Å². The molecular formula is C15H15BrN2O2. The maximum atomic E-state index is 8.90. The van der Waals surface area contributed by atoms with Gasteiger partial charge in [0.1, 0.15) is 11.9 Å². The van der Waals surface area contributed by atoms with Crippen molar-refractivity contribution in [1.29, 1.82) is 5.26 Å². The zero-order valence-electron chi connectivity index (χ0n) is 11.0. The van der Waals surface area contributed by atoms with Crippen LogP contribution in [0, 0.1) is 17.4 Å². The number of rotatable bonds is 1. The molecule has 0 N–H and O–H groups in total. The molecule has 0 aliphatic carbocycles. The summed E-state index contributed by atoms with van der Waals surface area (Å²) in [7, 11) is 0. The van der Waals surface area contributed by atoms with E-state index in [0.717, 1.165) is 47.6 Å². The Bertz CT molecular complexity index is 574. The van der Waals surface area contributed by atoms with Gasteiger partial charge in [-0.15, -0.1) is 0 Å². The van der Waals surface area contributed by atoms with Gasteiger partial charge in [-0.3, -0.25) is 0 Å². The highest BCUT2D eigenvalue weighted by Crippen LogP contribution is 2.34. The highest BCUT2D eigenvalue weighted by Gasteiger charge is 2.32. The fourth-order valence-corrected chi connectivity index (χ4v) is 3.18. The molecule has 2 aliphatic heterocycles. The zero-order valence-corrected chi connectivity index (χ0v) is 12.6. The van der Waals surface area contributed by atoms with E-state index >= 15 is 0 Å². The van der Waals surface area contributed by atoms with Crippen molar-refractivity contribution in [3.63, 3.8) is 0 Å². The van der Waals surface area contributed by atoms with Crippen molar-refractivity contribution in [1.82, 2.24) is 0 Å². The summed E-state index contributed by atoms with van der Waals surface area (Å²) < 4.78 is 12.6. The summed E-state index contributed by atoms with van der Waals surface area (Å²) in [6.45, 7) is 1.57.